The number of carbonyl (C=O) groups excluding carboxylic acids is 1. The molecule has 21 heavy (non-hydrogen) atoms. The standard InChI is InChI=1S/C16H26N4O/c1-14(2)20(12-15-5-3-6-18-11-15)16(21)13-19-9-4-7-17-8-10-19/h3,5-6,11,14,17H,4,7-10,12-13H2,1-2H3. The van der Waals surface area contributed by atoms with Gasteiger partial charge in [-0.2, -0.15) is 0 Å². The highest BCUT2D eigenvalue weighted by molar-refractivity contribution is 5.78. The monoisotopic (exact) mass is 290 g/mol. The van der Waals surface area contributed by atoms with Crippen molar-refractivity contribution in [3.05, 3.63) is 30.1 Å². The van der Waals surface area contributed by atoms with E-state index in [0.717, 1.165) is 38.2 Å². The van der Waals surface area contributed by atoms with Crippen LogP contribution in [0, 0.1) is 0 Å². The number of hydrogen-bond donors (Lipinski definition) is 1. The van der Waals surface area contributed by atoms with Crippen molar-refractivity contribution in [2.75, 3.05) is 32.7 Å². The van der Waals surface area contributed by atoms with E-state index in [1.807, 2.05) is 23.2 Å². The van der Waals surface area contributed by atoms with E-state index in [1.165, 1.54) is 0 Å². The van der Waals surface area contributed by atoms with Crippen LogP contribution in [0.25, 0.3) is 0 Å². The van der Waals surface area contributed by atoms with Gasteiger partial charge in [-0.15, -0.1) is 0 Å². The summed E-state index contributed by atoms with van der Waals surface area (Å²) in [7, 11) is 0. The molecular weight excluding hydrogens is 264 g/mol. The van der Waals surface area contributed by atoms with Crippen molar-refractivity contribution in [2.45, 2.75) is 32.9 Å². The van der Waals surface area contributed by atoms with Crippen molar-refractivity contribution in [1.29, 1.82) is 0 Å². The summed E-state index contributed by atoms with van der Waals surface area (Å²) in [5.74, 6) is 0.204. The van der Waals surface area contributed by atoms with Gasteiger partial charge in [0.2, 0.25) is 5.91 Å². The number of pyridine rings is 1. The van der Waals surface area contributed by atoms with Crippen LogP contribution in [0.15, 0.2) is 24.5 Å². The van der Waals surface area contributed by atoms with E-state index in [9.17, 15) is 4.79 Å². The fourth-order valence-electron chi connectivity index (χ4n) is 2.59. The third-order valence-corrected chi connectivity index (χ3v) is 3.81. The molecule has 2 heterocycles. The van der Waals surface area contributed by atoms with Gasteiger partial charge in [0.25, 0.3) is 0 Å². The molecule has 0 spiro atoms. The van der Waals surface area contributed by atoms with Gasteiger partial charge in [-0.05, 0) is 45.0 Å². The van der Waals surface area contributed by atoms with Crippen LogP contribution in [-0.2, 0) is 11.3 Å². The second kappa shape index (κ2) is 8.10. The minimum absolute atomic E-state index is 0.197. The van der Waals surface area contributed by atoms with E-state index in [1.54, 1.807) is 6.20 Å². The van der Waals surface area contributed by atoms with Crippen molar-refractivity contribution >= 4 is 5.91 Å². The lowest BCUT2D eigenvalue weighted by molar-refractivity contribution is -0.134. The van der Waals surface area contributed by atoms with Crippen LogP contribution in [-0.4, -0.2) is 59.5 Å². The lowest BCUT2D eigenvalue weighted by atomic mass is 10.2. The normalized spacial score (nSPS) is 16.7. The van der Waals surface area contributed by atoms with Crippen molar-refractivity contribution < 1.29 is 4.79 Å². The molecule has 0 aliphatic carbocycles. The van der Waals surface area contributed by atoms with Crippen LogP contribution in [0.5, 0.6) is 0 Å². The predicted molar refractivity (Wildman–Crippen MR) is 83.8 cm³/mol. The van der Waals surface area contributed by atoms with E-state index in [2.05, 4.69) is 29.0 Å². The quantitative estimate of drug-likeness (QED) is 0.883. The lowest BCUT2D eigenvalue weighted by Crippen LogP contribution is -2.44. The first kappa shape index (κ1) is 15.9. The van der Waals surface area contributed by atoms with Gasteiger partial charge in [0.15, 0.2) is 0 Å². The minimum Gasteiger partial charge on any atom is -0.335 e. The Kier molecular flexibility index (Phi) is 6.14. The summed E-state index contributed by atoms with van der Waals surface area (Å²) in [4.78, 5) is 20.9. The second-order valence-corrected chi connectivity index (χ2v) is 5.86. The maximum Gasteiger partial charge on any atom is 0.237 e. The zero-order valence-electron chi connectivity index (χ0n) is 13.1. The average Bonchev–Trinajstić information content (AvgIpc) is 2.74. The number of aromatic nitrogens is 1. The molecule has 1 fully saturated rings. The van der Waals surface area contributed by atoms with Gasteiger partial charge < -0.3 is 10.2 Å². The fraction of sp³-hybridized carbons (Fsp3) is 0.625. The summed E-state index contributed by atoms with van der Waals surface area (Å²) < 4.78 is 0. The Labute approximate surface area is 127 Å². The molecule has 0 unspecified atom stereocenters. The van der Waals surface area contributed by atoms with Gasteiger partial charge in [-0.3, -0.25) is 14.7 Å². The Hall–Kier alpha value is -1.46. The molecule has 5 nitrogen and oxygen atoms in total. The number of rotatable bonds is 5. The summed E-state index contributed by atoms with van der Waals surface area (Å²) in [6, 6.07) is 4.13. The minimum atomic E-state index is 0.197. The third-order valence-electron chi connectivity index (χ3n) is 3.81. The van der Waals surface area contributed by atoms with E-state index in [-0.39, 0.29) is 11.9 Å². The highest BCUT2D eigenvalue weighted by Crippen LogP contribution is 2.09. The first-order valence-corrected chi connectivity index (χ1v) is 7.78. The fourth-order valence-corrected chi connectivity index (χ4v) is 2.59. The van der Waals surface area contributed by atoms with Gasteiger partial charge in [0.1, 0.15) is 0 Å². The van der Waals surface area contributed by atoms with Crippen LogP contribution in [0.2, 0.25) is 0 Å². The summed E-state index contributed by atoms with van der Waals surface area (Å²) in [6.07, 6.45) is 4.70. The highest BCUT2D eigenvalue weighted by Gasteiger charge is 2.20. The number of amides is 1. The topological polar surface area (TPSA) is 48.5 Å². The molecule has 0 radical (unpaired) electrons. The maximum absolute atomic E-state index is 12.6. The summed E-state index contributed by atoms with van der Waals surface area (Å²) in [5, 5.41) is 3.37. The molecule has 1 saturated heterocycles. The molecule has 1 amide bonds. The average molecular weight is 290 g/mol. The molecule has 116 valence electrons. The molecule has 1 N–H and O–H groups in total. The summed E-state index contributed by atoms with van der Waals surface area (Å²) in [6.45, 7) is 9.25. The van der Waals surface area contributed by atoms with Crippen molar-refractivity contribution in [1.82, 2.24) is 20.1 Å². The van der Waals surface area contributed by atoms with Crippen LogP contribution >= 0.6 is 0 Å². The maximum atomic E-state index is 12.6. The van der Waals surface area contributed by atoms with E-state index in [4.69, 9.17) is 0 Å². The van der Waals surface area contributed by atoms with Crippen LogP contribution in [0.4, 0.5) is 0 Å². The smallest absolute Gasteiger partial charge is 0.237 e. The lowest BCUT2D eigenvalue weighted by Gasteiger charge is -2.29. The Morgan fingerprint density at radius 1 is 1.43 bits per heavy atom. The van der Waals surface area contributed by atoms with Gasteiger partial charge in [0, 0.05) is 38.1 Å². The van der Waals surface area contributed by atoms with Crippen LogP contribution in [0.1, 0.15) is 25.8 Å². The third kappa shape index (κ3) is 5.10. The van der Waals surface area contributed by atoms with Gasteiger partial charge >= 0.3 is 0 Å². The summed E-state index contributed by atoms with van der Waals surface area (Å²) in [5.41, 5.74) is 1.08. The molecule has 1 aliphatic rings. The largest absolute Gasteiger partial charge is 0.335 e. The van der Waals surface area contributed by atoms with Gasteiger partial charge in [-0.25, -0.2) is 0 Å². The Bertz CT molecular complexity index is 427. The zero-order chi connectivity index (χ0) is 15.1. The Morgan fingerprint density at radius 2 is 2.29 bits per heavy atom. The van der Waals surface area contributed by atoms with Crippen molar-refractivity contribution in [3.8, 4) is 0 Å². The van der Waals surface area contributed by atoms with E-state index in [0.29, 0.717) is 13.1 Å². The predicted octanol–water partition coefficient (Wildman–Crippen LogP) is 1.11. The number of carbonyl (C=O) groups is 1. The highest BCUT2D eigenvalue weighted by atomic mass is 16.2. The first-order valence-electron chi connectivity index (χ1n) is 7.78. The van der Waals surface area contributed by atoms with E-state index >= 15 is 0 Å². The number of hydrogen-bond acceptors (Lipinski definition) is 4. The SMILES string of the molecule is CC(C)N(Cc1cccnc1)C(=O)CN1CCCNCC1. The van der Waals surface area contributed by atoms with Gasteiger partial charge in [0.05, 0.1) is 6.54 Å². The second-order valence-electron chi connectivity index (χ2n) is 5.86. The van der Waals surface area contributed by atoms with Crippen molar-refractivity contribution in [2.24, 2.45) is 0 Å². The molecule has 0 saturated carbocycles. The Balaban J connectivity index is 1.95. The molecule has 0 atom stereocenters. The van der Waals surface area contributed by atoms with E-state index < -0.39 is 0 Å². The number of nitrogens with zero attached hydrogens (tertiary/aromatic N) is 3. The number of nitrogens with one attached hydrogen (secondary N) is 1. The van der Waals surface area contributed by atoms with Crippen LogP contribution in [0.3, 0.4) is 0 Å². The molecular formula is C16H26N4O. The zero-order valence-corrected chi connectivity index (χ0v) is 13.1. The van der Waals surface area contributed by atoms with Crippen molar-refractivity contribution in [3.63, 3.8) is 0 Å². The molecule has 2 rings (SSSR count). The molecule has 0 aromatic carbocycles. The molecule has 1 aliphatic heterocycles. The Morgan fingerprint density at radius 3 is 3.00 bits per heavy atom. The first-order chi connectivity index (χ1) is 10.2. The van der Waals surface area contributed by atoms with Gasteiger partial charge in [-0.1, -0.05) is 6.07 Å². The molecule has 1 aromatic rings. The molecule has 0 bridgehead atoms. The molecule has 1 aromatic heterocycles. The van der Waals surface area contributed by atoms with Crippen LogP contribution < -0.4 is 5.32 Å². The molecule has 5 heteroatoms. The summed E-state index contributed by atoms with van der Waals surface area (Å²) >= 11 is 0.